The minimum Gasteiger partial charge on any atom is -0.313 e. The predicted octanol–water partition coefficient (Wildman–Crippen LogP) is 2.35. The van der Waals surface area contributed by atoms with E-state index in [1.165, 1.54) is 5.56 Å². The first kappa shape index (κ1) is 12.7. The van der Waals surface area contributed by atoms with Crippen LogP contribution in [0, 0.1) is 5.92 Å². The van der Waals surface area contributed by atoms with E-state index in [-0.39, 0.29) is 5.92 Å². The smallest absolute Gasteiger partial charge is 0.231 e. The average molecular weight is 258 g/mol. The van der Waals surface area contributed by atoms with Gasteiger partial charge in [0.25, 0.3) is 0 Å². The van der Waals surface area contributed by atoms with Crippen molar-refractivity contribution in [1.29, 1.82) is 0 Å². The van der Waals surface area contributed by atoms with Crippen molar-refractivity contribution in [2.24, 2.45) is 5.92 Å². The number of nitrogens with zero attached hydrogens (tertiary/aromatic N) is 1. The predicted molar refractivity (Wildman–Crippen MR) is 77.3 cm³/mol. The zero-order valence-corrected chi connectivity index (χ0v) is 11.7. The van der Waals surface area contributed by atoms with Gasteiger partial charge < -0.3 is 10.2 Å². The van der Waals surface area contributed by atoms with Crippen molar-refractivity contribution in [1.82, 2.24) is 5.32 Å². The molecule has 1 N–H and O–H groups in total. The molecule has 1 aromatic rings. The van der Waals surface area contributed by atoms with Crippen LogP contribution in [0.25, 0.3) is 0 Å². The molecule has 0 aromatic heterocycles. The summed E-state index contributed by atoms with van der Waals surface area (Å²) in [6.45, 7) is 5.25. The highest BCUT2D eigenvalue weighted by molar-refractivity contribution is 5.97. The summed E-state index contributed by atoms with van der Waals surface area (Å²) in [4.78, 5) is 14.9. The number of hydrogen-bond acceptors (Lipinski definition) is 2. The first-order chi connectivity index (χ1) is 9.18. The molecule has 19 heavy (non-hydrogen) atoms. The van der Waals surface area contributed by atoms with Crippen LogP contribution in [0.2, 0.25) is 0 Å². The Morgan fingerprint density at radius 2 is 2.05 bits per heavy atom. The number of amides is 1. The fourth-order valence-corrected chi connectivity index (χ4v) is 3.40. The van der Waals surface area contributed by atoms with E-state index < -0.39 is 0 Å². The van der Waals surface area contributed by atoms with Gasteiger partial charge >= 0.3 is 0 Å². The maximum absolute atomic E-state index is 12.9. The van der Waals surface area contributed by atoms with E-state index in [0.29, 0.717) is 18.0 Å². The van der Waals surface area contributed by atoms with Crippen LogP contribution in [0.15, 0.2) is 24.3 Å². The highest BCUT2D eigenvalue weighted by Gasteiger charge is 2.36. The van der Waals surface area contributed by atoms with Crippen molar-refractivity contribution in [3.05, 3.63) is 29.8 Å². The standard InChI is InChI=1S/C16H22N2O/c1-11-7-8-13-5-3-4-6-15(13)18(11)16(19)14-9-10-17-12(14)2/h3-6,11-12,14,17H,7-10H2,1-2H3. The number of rotatable bonds is 1. The van der Waals surface area contributed by atoms with Gasteiger partial charge in [0.2, 0.25) is 5.91 Å². The lowest BCUT2D eigenvalue weighted by atomic mass is 9.93. The Morgan fingerprint density at radius 3 is 2.79 bits per heavy atom. The summed E-state index contributed by atoms with van der Waals surface area (Å²) in [5.41, 5.74) is 2.44. The van der Waals surface area contributed by atoms with Gasteiger partial charge in [0, 0.05) is 17.8 Å². The van der Waals surface area contributed by atoms with E-state index in [4.69, 9.17) is 0 Å². The Bertz CT molecular complexity index is 485. The van der Waals surface area contributed by atoms with Gasteiger partial charge in [0.05, 0.1) is 5.92 Å². The molecule has 0 bridgehead atoms. The molecule has 102 valence electrons. The molecule has 0 spiro atoms. The highest BCUT2D eigenvalue weighted by atomic mass is 16.2. The normalized spacial score (nSPS) is 30.2. The lowest BCUT2D eigenvalue weighted by Gasteiger charge is -2.37. The second-order valence-electron chi connectivity index (χ2n) is 5.86. The number of carbonyl (C=O) groups excluding carboxylic acids is 1. The van der Waals surface area contributed by atoms with Crippen LogP contribution in [-0.4, -0.2) is 24.5 Å². The molecular formula is C16H22N2O. The number of para-hydroxylation sites is 1. The molecule has 1 aromatic carbocycles. The molecule has 2 aliphatic rings. The number of carbonyl (C=O) groups is 1. The molecule has 1 fully saturated rings. The van der Waals surface area contributed by atoms with E-state index >= 15 is 0 Å². The lowest BCUT2D eigenvalue weighted by molar-refractivity contribution is -0.123. The van der Waals surface area contributed by atoms with Gasteiger partial charge in [-0.1, -0.05) is 18.2 Å². The molecule has 0 radical (unpaired) electrons. The minimum absolute atomic E-state index is 0.133. The quantitative estimate of drug-likeness (QED) is 0.838. The molecule has 3 heteroatoms. The molecule has 3 unspecified atom stereocenters. The Morgan fingerprint density at radius 1 is 1.26 bits per heavy atom. The van der Waals surface area contributed by atoms with E-state index in [1.807, 2.05) is 11.0 Å². The molecule has 3 atom stereocenters. The molecule has 2 aliphatic heterocycles. The maximum atomic E-state index is 12.9. The minimum atomic E-state index is 0.133. The molecule has 3 nitrogen and oxygen atoms in total. The Kier molecular flexibility index (Phi) is 3.31. The summed E-state index contributed by atoms with van der Waals surface area (Å²) < 4.78 is 0. The third-order valence-corrected chi connectivity index (χ3v) is 4.60. The van der Waals surface area contributed by atoms with Gasteiger partial charge in [-0.3, -0.25) is 4.79 Å². The molecule has 2 heterocycles. The molecule has 1 amide bonds. The van der Waals surface area contributed by atoms with Gasteiger partial charge in [-0.2, -0.15) is 0 Å². The summed E-state index contributed by atoms with van der Waals surface area (Å²) in [5.74, 6) is 0.436. The van der Waals surface area contributed by atoms with Crippen molar-refractivity contribution in [3.63, 3.8) is 0 Å². The third-order valence-electron chi connectivity index (χ3n) is 4.60. The van der Waals surface area contributed by atoms with Gasteiger partial charge in [0.1, 0.15) is 0 Å². The van der Waals surface area contributed by atoms with E-state index in [0.717, 1.165) is 31.5 Å². The summed E-state index contributed by atoms with van der Waals surface area (Å²) in [5, 5.41) is 3.38. The molecule has 0 aliphatic carbocycles. The van der Waals surface area contributed by atoms with Crippen LogP contribution in [0.5, 0.6) is 0 Å². The SMILES string of the molecule is CC1NCCC1C(=O)N1c2ccccc2CCC1C. The van der Waals surface area contributed by atoms with E-state index in [2.05, 4.69) is 37.4 Å². The summed E-state index contributed by atoms with van der Waals surface area (Å²) in [6, 6.07) is 8.96. The Labute approximate surface area is 115 Å². The molecule has 0 saturated carbocycles. The Balaban J connectivity index is 1.93. The van der Waals surface area contributed by atoms with Gasteiger partial charge in [0.15, 0.2) is 0 Å². The fraction of sp³-hybridized carbons (Fsp3) is 0.562. The highest BCUT2D eigenvalue weighted by Crippen LogP contribution is 2.33. The van der Waals surface area contributed by atoms with Crippen LogP contribution in [0.1, 0.15) is 32.3 Å². The Hall–Kier alpha value is -1.35. The van der Waals surface area contributed by atoms with Crippen molar-refractivity contribution in [3.8, 4) is 0 Å². The first-order valence-corrected chi connectivity index (χ1v) is 7.33. The van der Waals surface area contributed by atoms with Crippen LogP contribution >= 0.6 is 0 Å². The number of anilines is 1. The van der Waals surface area contributed by atoms with Crippen LogP contribution in [-0.2, 0) is 11.2 Å². The van der Waals surface area contributed by atoms with E-state index in [1.54, 1.807) is 0 Å². The monoisotopic (exact) mass is 258 g/mol. The van der Waals surface area contributed by atoms with Gasteiger partial charge in [-0.05, 0) is 51.3 Å². The topological polar surface area (TPSA) is 32.3 Å². The second kappa shape index (κ2) is 4.97. The lowest BCUT2D eigenvalue weighted by Crippen LogP contribution is -2.47. The largest absolute Gasteiger partial charge is 0.313 e. The maximum Gasteiger partial charge on any atom is 0.231 e. The second-order valence-corrected chi connectivity index (χ2v) is 5.86. The summed E-state index contributed by atoms with van der Waals surface area (Å²) in [6.07, 6.45) is 3.11. The van der Waals surface area contributed by atoms with Gasteiger partial charge in [-0.15, -0.1) is 0 Å². The first-order valence-electron chi connectivity index (χ1n) is 7.33. The number of nitrogens with one attached hydrogen (secondary N) is 1. The van der Waals surface area contributed by atoms with Crippen LogP contribution in [0.4, 0.5) is 5.69 Å². The fourth-order valence-electron chi connectivity index (χ4n) is 3.40. The molecule has 3 rings (SSSR count). The van der Waals surface area contributed by atoms with Crippen molar-refractivity contribution in [2.75, 3.05) is 11.4 Å². The number of fused-ring (bicyclic) bond motifs is 1. The van der Waals surface area contributed by atoms with Gasteiger partial charge in [-0.25, -0.2) is 0 Å². The van der Waals surface area contributed by atoms with Crippen molar-refractivity contribution < 1.29 is 4.79 Å². The average Bonchev–Trinajstić information content (AvgIpc) is 2.84. The number of hydrogen-bond donors (Lipinski definition) is 1. The van der Waals surface area contributed by atoms with E-state index in [9.17, 15) is 4.79 Å². The summed E-state index contributed by atoms with van der Waals surface area (Å²) in [7, 11) is 0. The van der Waals surface area contributed by atoms with Crippen LogP contribution < -0.4 is 10.2 Å². The third kappa shape index (κ3) is 2.16. The summed E-state index contributed by atoms with van der Waals surface area (Å²) >= 11 is 0. The zero-order chi connectivity index (χ0) is 13.4. The molecular weight excluding hydrogens is 236 g/mol. The van der Waals surface area contributed by atoms with Crippen molar-refractivity contribution in [2.45, 2.75) is 45.2 Å². The van der Waals surface area contributed by atoms with Crippen molar-refractivity contribution >= 4 is 11.6 Å². The number of aryl methyl sites for hydroxylation is 1. The zero-order valence-electron chi connectivity index (χ0n) is 11.7. The number of benzene rings is 1. The van der Waals surface area contributed by atoms with Crippen LogP contribution in [0.3, 0.4) is 0 Å². The molecule has 1 saturated heterocycles.